The van der Waals surface area contributed by atoms with Crippen LogP contribution in [0, 0.1) is 6.92 Å². The van der Waals surface area contributed by atoms with Crippen LogP contribution in [0.1, 0.15) is 29.0 Å². The van der Waals surface area contributed by atoms with Gasteiger partial charge >= 0.3 is 12.1 Å². The number of aryl methyl sites for hydroxylation is 1. The fourth-order valence-electron chi connectivity index (χ4n) is 4.12. The molecule has 8 heteroatoms. The molecule has 1 aliphatic rings. The number of carboxylic acid groups (broad SMARTS) is 1. The van der Waals surface area contributed by atoms with Gasteiger partial charge in [0.15, 0.2) is 0 Å². The molecule has 2 amide bonds. The highest BCUT2D eigenvalue weighted by Gasteiger charge is 2.30. The Bertz CT molecular complexity index is 1210. The monoisotopic (exact) mass is 522 g/mol. The summed E-state index contributed by atoms with van der Waals surface area (Å²) in [4.78, 5) is 36.7. The summed E-state index contributed by atoms with van der Waals surface area (Å²) in [6.45, 7) is 1.93. The van der Waals surface area contributed by atoms with Crippen molar-refractivity contribution in [1.82, 2.24) is 5.32 Å². The van der Waals surface area contributed by atoms with Crippen molar-refractivity contribution in [3.8, 4) is 11.1 Å². The first-order valence-corrected chi connectivity index (χ1v) is 11.5. The molecular weight excluding hydrogens is 500 g/mol. The molecule has 1 unspecified atom stereocenters. The van der Waals surface area contributed by atoms with Crippen molar-refractivity contribution in [2.45, 2.75) is 25.3 Å². The van der Waals surface area contributed by atoms with Crippen LogP contribution in [0.5, 0.6) is 0 Å². The number of carbonyl (C=O) groups is 3. The van der Waals surface area contributed by atoms with Gasteiger partial charge in [0.05, 0.1) is 12.1 Å². The zero-order chi connectivity index (χ0) is 24.2. The maximum absolute atomic E-state index is 12.8. The Hall–Kier alpha value is -3.65. The number of fused-ring (bicyclic) bond motifs is 3. The van der Waals surface area contributed by atoms with E-state index in [1.165, 1.54) is 0 Å². The third-order valence-corrected chi connectivity index (χ3v) is 6.40. The Morgan fingerprint density at radius 2 is 1.62 bits per heavy atom. The summed E-state index contributed by atoms with van der Waals surface area (Å²) in [7, 11) is 0. The maximum atomic E-state index is 12.8. The number of hydrogen-bond acceptors (Lipinski definition) is 4. The van der Waals surface area contributed by atoms with E-state index in [0.29, 0.717) is 10.2 Å². The number of carbonyl (C=O) groups excluding carboxylic acids is 2. The van der Waals surface area contributed by atoms with Gasteiger partial charge in [0, 0.05) is 10.4 Å². The third-order valence-electron chi connectivity index (χ3n) is 5.71. The topological polar surface area (TPSA) is 105 Å². The largest absolute Gasteiger partial charge is 0.481 e. The van der Waals surface area contributed by atoms with Crippen molar-refractivity contribution in [3.63, 3.8) is 0 Å². The standard InChI is InChI=1S/C26H23BrN2O5/c1-15-10-11-21(27)22(12-15)28-25(32)23(13-24(30)31)29-26(33)34-14-20-18-8-4-2-6-16(18)17-7-3-5-9-19(17)20/h2-12,20,23H,13-14H2,1H3,(H,28,32)(H,29,33)(H,30,31). The Morgan fingerprint density at radius 3 is 2.24 bits per heavy atom. The summed E-state index contributed by atoms with van der Waals surface area (Å²) < 4.78 is 6.10. The summed E-state index contributed by atoms with van der Waals surface area (Å²) in [5, 5.41) is 14.3. The molecule has 7 nitrogen and oxygen atoms in total. The second-order valence-corrected chi connectivity index (χ2v) is 8.95. The first-order chi connectivity index (χ1) is 16.3. The SMILES string of the molecule is Cc1ccc(Br)c(NC(=O)C(CC(=O)O)NC(=O)OCC2c3ccccc3-c3ccccc32)c1. The molecule has 0 radical (unpaired) electrons. The number of amides is 2. The number of alkyl carbamates (subject to hydrolysis) is 1. The number of rotatable bonds is 7. The zero-order valence-electron chi connectivity index (χ0n) is 18.4. The number of carboxylic acids is 1. The molecule has 1 atom stereocenters. The molecule has 0 aliphatic heterocycles. The van der Waals surface area contributed by atoms with Crippen molar-refractivity contribution in [2.24, 2.45) is 0 Å². The zero-order valence-corrected chi connectivity index (χ0v) is 20.0. The summed E-state index contributed by atoms with van der Waals surface area (Å²) >= 11 is 3.36. The molecule has 0 saturated carbocycles. The average molecular weight is 523 g/mol. The Balaban J connectivity index is 1.44. The van der Waals surface area contributed by atoms with E-state index in [2.05, 4.69) is 26.6 Å². The van der Waals surface area contributed by atoms with E-state index < -0.39 is 30.4 Å². The number of hydrogen-bond donors (Lipinski definition) is 3. The van der Waals surface area contributed by atoms with E-state index in [1.54, 1.807) is 12.1 Å². The molecule has 0 bridgehead atoms. The lowest BCUT2D eigenvalue weighted by atomic mass is 9.98. The van der Waals surface area contributed by atoms with Crippen LogP contribution in [-0.2, 0) is 14.3 Å². The van der Waals surface area contributed by atoms with Crippen molar-refractivity contribution in [2.75, 3.05) is 11.9 Å². The van der Waals surface area contributed by atoms with Gasteiger partial charge in [-0.2, -0.15) is 0 Å². The number of anilines is 1. The van der Waals surface area contributed by atoms with Gasteiger partial charge in [-0.15, -0.1) is 0 Å². The summed E-state index contributed by atoms with van der Waals surface area (Å²) in [5.74, 6) is -2.02. The van der Waals surface area contributed by atoms with Gasteiger partial charge in [0.1, 0.15) is 12.6 Å². The van der Waals surface area contributed by atoms with Crippen LogP contribution in [0.15, 0.2) is 71.2 Å². The van der Waals surface area contributed by atoms with E-state index in [9.17, 15) is 19.5 Å². The molecular formula is C26H23BrN2O5. The highest BCUT2D eigenvalue weighted by atomic mass is 79.9. The molecule has 174 valence electrons. The first-order valence-electron chi connectivity index (χ1n) is 10.7. The van der Waals surface area contributed by atoms with Crippen molar-refractivity contribution < 1.29 is 24.2 Å². The van der Waals surface area contributed by atoms with Crippen LogP contribution in [0.2, 0.25) is 0 Å². The van der Waals surface area contributed by atoms with Gasteiger partial charge in [-0.1, -0.05) is 54.6 Å². The average Bonchev–Trinajstić information content (AvgIpc) is 3.13. The molecule has 3 N–H and O–H groups in total. The molecule has 3 aromatic rings. The number of halogens is 1. The van der Waals surface area contributed by atoms with Gasteiger partial charge in [-0.25, -0.2) is 4.79 Å². The lowest BCUT2D eigenvalue weighted by molar-refractivity contribution is -0.139. The van der Waals surface area contributed by atoms with Gasteiger partial charge < -0.3 is 20.5 Å². The maximum Gasteiger partial charge on any atom is 0.407 e. The van der Waals surface area contributed by atoms with Crippen LogP contribution in [0.3, 0.4) is 0 Å². The fourth-order valence-corrected chi connectivity index (χ4v) is 4.47. The lowest BCUT2D eigenvalue weighted by Gasteiger charge is -2.19. The second-order valence-electron chi connectivity index (χ2n) is 8.09. The highest BCUT2D eigenvalue weighted by molar-refractivity contribution is 9.10. The van der Waals surface area contributed by atoms with Gasteiger partial charge in [-0.3, -0.25) is 9.59 Å². The molecule has 1 aliphatic carbocycles. The van der Waals surface area contributed by atoms with Gasteiger partial charge in [0.2, 0.25) is 5.91 Å². The van der Waals surface area contributed by atoms with Crippen molar-refractivity contribution in [1.29, 1.82) is 0 Å². The quantitative estimate of drug-likeness (QED) is 0.401. The van der Waals surface area contributed by atoms with E-state index in [-0.39, 0.29) is 12.5 Å². The number of aliphatic carboxylic acids is 1. The molecule has 0 saturated heterocycles. The van der Waals surface area contributed by atoms with E-state index in [0.717, 1.165) is 27.8 Å². The molecule has 0 fully saturated rings. The molecule has 0 spiro atoms. The minimum Gasteiger partial charge on any atom is -0.481 e. The number of benzene rings is 3. The van der Waals surface area contributed by atoms with Crippen LogP contribution >= 0.6 is 15.9 Å². The lowest BCUT2D eigenvalue weighted by Crippen LogP contribution is -2.45. The summed E-state index contributed by atoms with van der Waals surface area (Å²) in [6.07, 6.45) is -1.44. The van der Waals surface area contributed by atoms with E-state index in [4.69, 9.17) is 4.74 Å². The predicted molar refractivity (Wildman–Crippen MR) is 132 cm³/mol. The van der Waals surface area contributed by atoms with E-state index in [1.807, 2.05) is 61.5 Å². The normalized spacial score (nSPS) is 12.9. The molecule has 4 rings (SSSR count). The fraction of sp³-hybridized carbons (Fsp3) is 0.192. The minimum atomic E-state index is -1.31. The smallest absolute Gasteiger partial charge is 0.407 e. The van der Waals surface area contributed by atoms with Gasteiger partial charge in [0.25, 0.3) is 0 Å². The van der Waals surface area contributed by atoms with E-state index >= 15 is 0 Å². The van der Waals surface area contributed by atoms with Crippen LogP contribution in [0.4, 0.5) is 10.5 Å². The van der Waals surface area contributed by atoms with Crippen LogP contribution in [-0.4, -0.2) is 35.7 Å². The minimum absolute atomic E-state index is 0.0602. The molecule has 3 aromatic carbocycles. The first kappa shape index (κ1) is 23.5. The Labute approximate surface area is 205 Å². The second kappa shape index (κ2) is 10.1. The van der Waals surface area contributed by atoms with Crippen molar-refractivity contribution in [3.05, 3.63) is 87.9 Å². The third kappa shape index (κ3) is 5.12. The predicted octanol–water partition coefficient (Wildman–Crippen LogP) is 5.08. The summed E-state index contributed by atoms with van der Waals surface area (Å²) in [6, 6.07) is 20.0. The van der Waals surface area contributed by atoms with Gasteiger partial charge in [-0.05, 0) is 62.8 Å². The van der Waals surface area contributed by atoms with Crippen LogP contribution in [0.25, 0.3) is 11.1 Å². The number of nitrogens with one attached hydrogen (secondary N) is 2. The molecule has 0 heterocycles. The highest BCUT2D eigenvalue weighted by Crippen LogP contribution is 2.44. The Kier molecular flexibility index (Phi) is 6.98. The molecule has 0 aromatic heterocycles. The Morgan fingerprint density at radius 1 is 1.00 bits per heavy atom. The molecule has 34 heavy (non-hydrogen) atoms. The summed E-state index contributed by atoms with van der Waals surface area (Å²) in [5.41, 5.74) is 5.70. The number of ether oxygens (including phenoxy) is 1. The van der Waals surface area contributed by atoms with Crippen molar-refractivity contribution >= 4 is 39.6 Å². The van der Waals surface area contributed by atoms with Crippen LogP contribution < -0.4 is 10.6 Å².